The van der Waals surface area contributed by atoms with Gasteiger partial charge in [0.2, 0.25) is 0 Å². The molecule has 0 amide bonds. The molecule has 0 aliphatic carbocycles. The van der Waals surface area contributed by atoms with Crippen LogP contribution in [0.3, 0.4) is 0 Å². The molecule has 6 nitrogen and oxygen atoms in total. The van der Waals surface area contributed by atoms with E-state index in [1.165, 1.54) is 13.4 Å². The summed E-state index contributed by atoms with van der Waals surface area (Å²) in [6.45, 7) is 4.00. The highest BCUT2D eigenvalue weighted by Crippen LogP contribution is 2.27. The first kappa shape index (κ1) is 17.9. The predicted octanol–water partition coefficient (Wildman–Crippen LogP) is 4.28. The van der Waals surface area contributed by atoms with E-state index in [4.69, 9.17) is 0 Å². The number of aromatic nitrogens is 2. The van der Waals surface area contributed by atoms with Gasteiger partial charge in [-0.25, -0.2) is 14.8 Å². The van der Waals surface area contributed by atoms with Gasteiger partial charge in [-0.15, -0.1) is 0 Å². The van der Waals surface area contributed by atoms with Gasteiger partial charge in [-0.05, 0) is 36.4 Å². The van der Waals surface area contributed by atoms with Gasteiger partial charge in [0.25, 0.3) is 0 Å². The SMILES string of the molecule is C=C(CNc1ccc2ncnc(Nc3cccc(Br)c3)c2c1)C(=O)OC. The van der Waals surface area contributed by atoms with Gasteiger partial charge in [-0.2, -0.15) is 0 Å². The number of ether oxygens (including phenoxy) is 1. The van der Waals surface area contributed by atoms with Gasteiger partial charge in [-0.1, -0.05) is 28.6 Å². The molecule has 26 heavy (non-hydrogen) atoms. The lowest BCUT2D eigenvalue weighted by Crippen LogP contribution is -2.13. The number of methoxy groups -OCH3 is 1. The van der Waals surface area contributed by atoms with Crippen molar-refractivity contribution in [3.63, 3.8) is 0 Å². The minimum atomic E-state index is -0.432. The second kappa shape index (κ2) is 7.97. The maximum Gasteiger partial charge on any atom is 0.334 e. The van der Waals surface area contributed by atoms with Crippen molar-refractivity contribution in [1.82, 2.24) is 9.97 Å². The molecule has 3 rings (SSSR count). The Morgan fingerprint density at radius 1 is 1.19 bits per heavy atom. The Kier molecular flexibility index (Phi) is 5.48. The molecule has 2 aromatic carbocycles. The Balaban J connectivity index is 1.85. The first-order valence-electron chi connectivity index (χ1n) is 7.84. The Morgan fingerprint density at radius 2 is 2.04 bits per heavy atom. The van der Waals surface area contributed by atoms with Crippen molar-refractivity contribution in [3.05, 3.63) is 65.4 Å². The van der Waals surface area contributed by atoms with E-state index in [9.17, 15) is 4.79 Å². The summed E-state index contributed by atoms with van der Waals surface area (Å²) in [4.78, 5) is 20.1. The summed E-state index contributed by atoms with van der Waals surface area (Å²) in [5.41, 5.74) is 2.91. The molecule has 3 aromatic rings. The monoisotopic (exact) mass is 412 g/mol. The molecule has 132 valence electrons. The molecule has 0 bridgehead atoms. The lowest BCUT2D eigenvalue weighted by Gasteiger charge is -2.11. The van der Waals surface area contributed by atoms with Crippen molar-refractivity contribution in [3.8, 4) is 0 Å². The van der Waals surface area contributed by atoms with Crippen LogP contribution >= 0.6 is 15.9 Å². The highest BCUT2D eigenvalue weighted by molar-refractivity contribution is 9.10. The summed E-state index contributed by atoms with van der Waals surface area (Å²) in [6, 6.07) is 13.5. The number of carbonyl (C=O) groups is 1. The molecular formula is C19H17BrN4O2. The summed E-state index contributed by atoms with van der Waals surface area (Å²) in [5, 5.41) is 7.33. The molecule has 0 spiro atoms. The first-order valence-corrected chi connectivity index (χ1v) is 8.63. The Bertz CT molecular complexity index is 975. The van der Waals surface area contributed by atoms with Gasteiger partial charge < -0.3 is 15.4 Å². The van der Waals surface area contributed by atoms with E-state index in [2.05, 4.69) is 47.8 Å². The molecule has 0 fully saturated rings. The predicted molar refractivity (Wildman–Crippen MR) is 107 cm³/mol. The Hall–Kier alpha value is -2.93. The molecule has 2 N–H and O–H groups in total. The third kappa shape index (κ3) is 4.18. The quantitative estimate of drug-likeness (QED) is 0.464. The number of halogens is 1. The fourth-order valence-electron chi connectivity index (χ4n) is 2.39. The summed E-state index contributed by atoms with van der Waals surface area (Å²) < 4.78 is 5.63. The van der Waals surface area contributed by atoms with Gasteiger partial charge in [0.1, 0.15) is 12.1 Å². The second-order valence-corrected chi connectivity index (χ2v) is 6.45. The third-order valence-electron chi connectivity index (χ3n) is 3.70. The lowest BCUT2D eigenvalue weighted by atomic mass is 10.2. The van der Waals surface area contributed by atoms with Crippen LogP contribution < -0.4 is 10.6 Å². The van der Waals surface area contributed by atoms with Crippen molar-refractivity contribution in [1.29, 1.82) is 0 Å². The molecule has 1 heterocycles. The number of nitrogens with zero attached hydrogens (tertiary/aromatic N) is 2. The number of anilines is 3. The maximum atomic E-state index is 11.4. The lowest BCUT2D eigenvalue weighted by molar-refractivity contribution is -0.136. The van der Waals surface area contributed by atoms with Gasteiger partial charge in [-0.3, -0.25) is 0 Å². The summed E-state index contributed by atoms with van der Waals surface area (Å²) in [7, 11) is 1.33. The Labute approximate surface area is 159 Å². The maximum absolute atomic E-state index is 11.4. The minimum Gasteiger partial charge on any atom is -0.466 e. The van der Waals surface area contributed by atoms with Crippen molar-refractivity contribution in [2.24, 2.45) is 0 Å². The van der Waals surface area contributed by atoms with Crippen LogP contribution in [0.25, 0.3) is 10.9 Å². The summed E-state index contributed by atoms with van der Waals surface area (Å²) >= 11 is 3.46. The minimum absolute atomic E-state index is 0.292. The molecule has 1 aromatic heterocycles. The van der Waals surface area contributed by atoms with E-state index < -0.39 is 5.97 Å². The van der Waals surface area contributed by atoms with E-state index >= 15 is 0 Å². The highest BCUT2D eigenvalue weighted by atomic mass is 79.9. The van der Waals surface area contributed by atoms with Crippen LogP contribution in [-0.2, 0) is 9.53 Å². The third-order valence-corrected chi connectivity index (χ3v) is 4.20. The average Bonchev–Trinajstić information content (AvgIpc) is 2.65. The van der Waals surface area contributed by atoms with Crippen LogP contribution in [0.1, 0.15) is 0 Å². The van der Waals surface area contributed by atoms with Crippen LogP contribution in [-0.4, -0.2) is 29.6 Å². The number of hydrogen-bond donors (Lipinski definition) is 2. The number of rotatable bonds is 6. The normalized spacial score (nSPS) is 10.4. The fourth-order valence-corrected chi connectivity index (χ4v) is 2.79. The van der Waals surface area contributed by atoms with Gasteiger partial charge in [0.15, 0.2) is 0 Å². The second-order valence-electron chi connectivity index (χ2n) is 5.54. The number of hydrogen-bond acceptors (Lipinski definition) is 6. The molecule has 0 aliphatic rings. The molecule has 0 radical (unpaired) electrons. The van der Waals surface area contributed by atoms with E-state index in [0.717, 1.165) is 26.8 Å². The van der Waals surface area contributed by atoms with Crippen LogP contribution in [0.2, 0.25) is 0 Å². The van der Waals surface area contributed by atoms with E-state index in [1.807, 2.05) is 42.5 Å². The molecule has 0 aliphatic heterocycles. The zero-order valence-corrected chi connectivity index (χ0v) is 15.7. The van der Waals surface area contributed by atoms with E-state index in [-0.39, 0.29) is 0 Å². The molecule has 0 unspecified atom stereocenters. The molecular weight excluding hydrogens is 396 g/mol. The molecule has 7 heteroatoms. The number of fused-ring (bicyclic) bond motifs is 1. The highest BCUT2D eigenvalue weighted by Gasteiger charge is 2.08. The zero-order chi connectivity index (χ0) is 18.5. The topological polar surface area (TPSA) is 76.1 Å². The van der Waals surface area contributed by atoms with E-state index in [1.54, 1.807) is 0 Å². The van der Waals surface area contributed by atoms with Crippen LogP contribution in [0.15, 0.2) is 65.4 Å². The zero-order valence-electron chi connectivity index (χ0n) is 14.1. The summed E-state index contributed by atoms with van der Waals surface area (Å²) in [6.07, 6.45) is 1.52. The van der Waals surface area contributed by atoms with Gasteiger partial charge in [0.05, 0.1) is 12.6 Å². The van der Waals surface area contributed by atoms with Crippen molar-refractivity contribution < 1.29 is 9.53 Å². The largest absolute Gasteiger partial charge is 0.466 e. The van der Waals surface area contributed by atoms with Gasteiger partial charge in [0, 0.05) is 33.4 Å². The fraction of sp³-hybridized carbons (Fsp3) is 0.105. The Morgan fingerprint density at radius 3 is 2.81 bits per heavy atom. The number of benzene rings is 2. The first-order chi connectivity index (χ1) is 12.6. The van der Waals surface area contributed by atoms with Crippen LogP contribution in [0.5, 0.6) is 0 Å². The van der Waals surface area contributed by atoms with Crippen molar-refractivity contribution in [2.75, 3.05) is 24.3 Å². The molecule has 0 saturated heterocycles. The van der Waals surface area contributed by atoms with E-state index in [0.29, 0.717) is 17.9 Å². The van der Waals surface area contributed by atoms with Crippen LogP contribution in [0.4, 0.5) is 17.2 Å². The number of carbonyl (C=O) groups excluding carboxylic acids is 1. The summed E-state index contributed by atoms with van der Waals surface area (Å²) in [5.74, 6) is 0.266. The number of nitrogens with one attached hydrogen (secondary N) is 2. The number of esters is 1. The average molecular weight is 413 g/mol. The van der Waals surface area contributed by atoms with Crippen molar-refractivity contribution in [2.45, 2.75) is 0 Å². The van der Waals surface area contributed by atoms with Crippen molar-refractivity contribution >= 4 is 50.0 Å². The standard InChI is InChI=1S/C19H17BrN4O2/c1-12(19(25)26-2)10-21-14-6-7-17-16(9-14)18(23-11-22-17)24-15-5-3-4-13(20)8-15/h3-9,11,21H,1,10H2,2H3,(H,22,23,24). The van der Waals surface area contributed by atoms with Gasteiger partial charge >= 0.3 is 5.97 Å². The smallest absolute Gasteiger partial charge is 0.334 e. The molecule has 0 saturated carbocycles. The molecule has 0 atom stereocenters. The van der Waals surface area contributed by atoms with Crippen LogP contribution in [0, 0.1) is 0 Å².